The average molecular weight is 292 g/mol. The van der Waals surface area contributed by atoms with Crippen LogP contribution < -0.4 is 5.43 Å². The van der Waals surface area contributed by atoms with E-state index in [1.54, 1.807) is 0 Å². The molecular weight excluding hydrogens is 284 g/mol. The summed E-state index contributed by atoms with van der Waals surface area (Å²) in [5, 5.41) is 56.2. The fourth-order valence-electron chi connectivity index (χ4n) is 2.09. The predicted octanol–water partition coefficient (Wildman–Crippen LogP) is 1.18. The van der Waals surface area contributed by atoms with E-state index in [2.05, 4.69) is 0 Å². The van der Waals surface area contributed by atoms with E-state index in [0.717, 1.165) is 12.1 Å². The number of hydrogen-bond donors (Lipinski definition) is 6. The molecule has 0 unspecified atom stereocenters. The van der Waals surface area contributed by atoms with E-state index in [4.69, 9.17) is 4.42 Å². The lowest BCUT2D eigenvalue weighted by atomic mass is 10.1. The van der Waals surface area contributed by atoms with E-state index < -0.39 is 50.7 Å². The average Bonchev–Trinajstić information content (AvgIpc) is 2.42. The number of benzene rings is 2. The largest absolute Gasteiger partial charge is 0.504 e. The van der Waals surface area contributed by atoms with Gasteiger partial charge in [0.05, 0.1) is 0 Å². The lowest BCUT2D eigenvalue weighted by Gasteiger charge is -2.08. The minimum atomic E-state index is -0.952. The number of aromatic hydroxyl groups is 6. The van der Waals surface area contributed by atoms with Gasteiger partial charge in [-0.05, 0) is 0 Å². The minimum Gasteiger partial charge on any atom is -0.504 e. The summed E-state index contributed by atoms with van der Waals surface area (Å²) in [7, 11) is 0. The smallest absolute Gasteiger partial charge is 0.208 e. The van der Waals surface area contributed by atoms with E-state index in [0.29, 0.717) is 0 Å². The standard InChI is InChI=1S/C13H8O8/c14-3-1-5-7(12(19)9(3)16)11(18)8-6(21-5)2-4(15)10(17)13(8)20/h1-2,14-17,19-20H. The Bertz CT molecular complexity index is 895. The van der Waals surface area contributed by atoms with Crippen molar-refractivity contribution in [1.82, 2.24) is 0 Å². The Morgan fingerprint density at radius 2 is 1.05 bits per heavy atom. The van der Waals surface area contributed by atoms with Crippen LogP contribution in [0.4, 0.5) is 0 Å². The summed E-state index contributed by atoms with van der Waals surface area (Å²) in [5.74, 6) is -5.11. The zero-order chi connectivity index (χ0) is 15.5. The van der Waals surface area contributed by atoms with Crippen molar-refractivity contribution >= 4 is 21.9 Å². The maximum atomic E-state index is 12.3. The van der Waals surface area contributed by atoms with Gasteiger partial charge in [-0.2, -0.15) is 0 Å². The van der Waals surface area contributed by atoms with Crippen molar-refractivity contribution < 1.29 is 35.1 Å². The number of phenols is 6. The van der Waals surface area contributed by atoms with Gasteiger partial charge in [0.25, 0.3) is 0 Å². The van der Waals surface area contributed by atoms with Crippen LogP contribution in [-0.2, 0) is 0 Å². The molecule has 0 amide bonds. The van der Waals surface area contributed by atoms with E-state index in [1.165, 1.54) is 0 Å². The van der Waals surface area contributed by atoms with Crippen molar-refractivity contribution in [2.75, 3.05) is 0 Å². The highest BCUT2D eigenvalue weighted by Crippen LogP contribution is 2.44. The molecule has 8 nitrogen and oxygen atoms in total. The summed E-state index contributed by atoms with van der Waals surface area (Å²) in [4.78, 5) is 12.3. The monoisotopic (exact) mass is 292 g/mol. The third-order valence-electron chi connectivity index (χ3n) is 3.11. The van der Waals surface area contributed by atoms with Crippen molar-refractivity contribution in [3.63, 3.8) is 0 Å². The first kappa shape index (κ1) is 12.7. The van der Waals surface area contributed by atoms with E-state index in [9.17, 15) is 35.4 Å². The molecular formula is C13H8O8. The van der Waals surface area contributed by atoms with Crippen LogP contribution >= 0.6 is 0 Å². The molecule has 0 aliphatic heterocycles. The van der Waals surface area contributed by atoms with Crippen LogP contribution in [-0.4, -0.2) is 30.6 Å². The Morgan fingerprint density at radius 1 is 0.667 bits per heavy atom. The topological polar surface area (TPSA) is 152 Å². The SMILES string of the molecule is O=c1c2c(O)c(O)c(O)cc2oc2cc(O)c(O)c(O)c12. The summed E-state index contributed by atoms with van der Waals surface area (Å²) in [6.07, 6.45) is 0. The molecule has 2 aromatic carbocycles. The van der Waals surface area contributed by atoms with E-state index in [-0.39, 0.29) is 11.2 Å². The molecule has 108 valence electrons. The Balaban J connectivity index is 2.67. The molecule has 0 fully saturated rings. The number of rotatable bonds is 0. The molecule has 0 aliphatic rings. The molecule has 0 saturated heterocycles. The molecule has 0 aliphatic carbocycles. The third-order valence-corrected chi connectivity index (χ3v) is 3.11. The van der Waals surface area contributed by atoms with Crippen LogP contribution in [0.1, 0.15) is 0 Å². The van der Waals surface area contributed by atoms with Gasteiger partial charge in [0, 0.05) is 12.1 Å². The first-order valence-corrected chi connectivity index (χ1v) is 5.61. The van der Waals surface area contributed by atoms with Crippen LogP contribution in [0.15, 0.2) is 21.3 Å². The minimum absolute atomic E-state index is 0.273. The third kappa shape index (κ3) is 1.52. The summed E-state index contributed by atoms with van der Waals surface area (Å²) in [6.45, 7) is 0. The van der Waals surface area contributed by atoms with Gasteiger partial charge in [0.2, 0.25) is 16.9 Å². The molecule has 0 bridgehead atoms. The zero-order valence-electron chi connectivity index (χ0n) is 10.2. The zero-order valence-corrected chi connectivity index (χ0v) is 10.2. The maximum absolute atomic E-state index is 12.3. The molecule has 0 spiro atoms. The molecule has 3 aromatic rings. The second-order valence-corrected chi connectivity index (χ2v) is 4.36. The van der Waals surface area contributed by atoms with Gasteiger partial charge in [-0.25, -0.2) is 0 Å². The number of fused-ring (bicyclic) bond motifs is 2. The second-order valence-electron chi connectivity index (χ2n) is 4.36. The fourth-order valence-corrected chi connectivity index (χ4v) is 2.09. The van der Waals surface area contributed by atoms with Gasteiger partial charge in [0.15, 0.2) is 23.0 Å². The van der Waals surface area contributed by atoms with Gasteiger partial charge in [-0.1, -0.05) is 0 Å². The molecule has 0 saturated carbocycles. The van der Waals surface area contributed by atoms with Crippen molar-refractivity contribution in [2.24, 2.45) is 0 Å². The maximum Gasteiger partial charge on any atom is 0.208 e. The predicted molar refractivity (Wildman–Crippen MR) is 70.0 cm³/mol. The van der Waals surface area contributed by atoms with Crippen LogP contribution in [0, 0.1) is 0 Å². The number of hydrogen-bond acceptors (Lipinski definition) is 8. The molecule has 3 rings (SSSR count). The summed E-state index contributed by atoms with van der Waals surface area (Å²) in [6, 6.07) is 1.79. The summed E-state index contributed by atoms with van der Waals surface area (Å²) < 4.78 is 5.20. The van der Waals surface area contributed by atoms with E-state index >= 15 is 0 Å². The normalized spacial score (nSPS) is 11.2. The van der Waals surface area contributed by atoms with E-state index in [1.807, 2.05) is 0 Å². The highest BCUT2D eigenvalue weighted by Gasteiger charge is 2.22. The van der Waals surface area contributed by atoms with Crippen LogP contribution in [0.3, 0.4) is 0 Å². The highest BCUT2D eigenvalue weighted by atomic mass is 16.4. The Morgan fingerprint density at radius 3 is 1.43 bits per heavy atom. The number of phenolic OH excluding ortho intramolecular Hbond substituents is 6. The first-order chi connectivity index (χ1) is 9.82. The Kier molecular flexibility index (Phi) is 2.34. The Labute approximate surface area is 115 Å². The molecule has 6 N–H and O–H groups in total. The lowest BCUT2D eigenvalue weighted by Crippen LogP contribution is -2.03. The summed E-state index contributed by atoms with van der Waals surface area (Å²) >= 11 is 0. The fraction of sp³-hybridized carbons (Fsp3) is 0. The molecule has 0 radical (unpaired) electrons. The molecule has 21 heavy (non-hydrogen) atoms. The van der Waals surface area contributed by atoms with Crippen molar-refractivity contribution in [2.45, 2.75) is 0 Å². The van der Waals surface area contributed by atoms with Gasteiger partial charge >= 0.3 is 0 Å². The second kappa shape index (κ2) is 3.85. The first-order valence-electron chi connectivity index (χ1n) is 5.61. The van der Waals surface area contributed by atoms with Gasteiger partial charge in [0.1, 0.15) is 21.9 Å². The van der Waals surface area contributed by atoms with Gasteiger partial charge < -0.3 is 35.1 Å². The quantitative estimate of drug-likeness (QED) is 0.267. The van der Waals surface area contributed by atoms with Crippen LogP contribution in [0.2, 0.25) is 0 Å². The molecule has 1 aromatic heterocycles. The summed E-state index contributed by atoms with van der Waals surface area (Å²) in [5.41, 5.74) is -1.50. The van der Waals surface area contributed by atoms with Crippen molar-refractivity contribution in [1.29, 1.82) is 0 Å². The lowest BCUT2D eigenvalue weighted by molar-refractivity contribution is 0.368. The Hall–Kier alpha value is -3.29. The van der Waals surface area contributed by atoms with Crippen molar-refractivity contribution in [3.05, 3.63) is 22.4 Å². The highest BCUT2D eigenvalue weighted by molar-refractivity contribution is 5.99. The van der Waals surface area contributed by atoms with Crippen molar-refractivity contribution in [3.8, 4) is 34.5 Å². The van der Waals surface area contributed by atoms with Crippen LogP contribution in [0.25, 0.3) is 21.9 Å². The van der Waals surface area contributed by atoms with Gasteiger partial charge in [-0.15, -0.1) is 0 Å². The molecule has 1 heterocycles. The van der Waals surface area contributed by atoms with Crippen LogP contribution in [0.5, 0.6) is 34.5 Å². The molecule has 0 atom stereocenters. The molecule has 8 heteroatoms. The van der Waals surface area contributed by atoms with Gasteiger partial charge in [-0.3, -0.25) is 4.79 Å².